The molecule has 0 amide bonds. The molecule has 0 unspecified atom stereocenters. The summed E-state index contributed by atoms with van der Waals surface area (Å²) >= 11 is 0. The molecule has 3 heteroatoms. The van der Waals surface area contributed by atoms with Gasteiger partial charge in [-0.25, -0.2) is 0 Å². The molecule has 1 aromatic rings. The van der Waals surface area contributed by atoms with E-state index in [1.807, 2.05) is 6.20 Å². The second kappa shape index (κ2) is 6.17. The number of hydrogen-bond donors (Lipinski definition) is 1. The molecule has 0 saturated carbocycles. The zero-order valence-electron chi connectivity index (χ0n) is 9.53. The number of hydrogen-bond acceptors (Lipinski definition) is 2. The Hall–Kier alpha value is -1.38. The molecule has 1 rings (SSSR count). The lowest BCUT2D eigenvalue weighted by molar-refractivity contribution is 0.807. The minimum Gasteiger partial charge on any atom is -0.383 e. The molecule has 0 spiro atoms. The van der Waals surface area contributed by atoms with Crippen molar-refractivity contribution in [1.82, 2.24) is 4.98 Å². The lowest BCUT2D eigenvalue weighted by Gasteiger charge is -2.02. The number of aliphatic imine (C=N–C) groups is 1. The van der Waals surface area contributed by atoms with E-state index in [0.29, 0.717) is 5.84 Å². The maximum absolute atomic E-state index is 5.87. The SMILES string of the molecule is CCCCN=C(N)c1cncc(CC)c1. The summed E-state index contributed by atoms with van der Waals surface area (Å²) in [6, 6.07) is 2.05. The van der Waals surface area contributed by atoms with Crippen LogP contribution in [-0.4, -0.2) is 17.4 Å². The zero-order valence-corrected chi connectivity index (χ0v) is 9.53. The van der Waals surface area contributed by atoms with Gasteiger partial charge in [-0.3, -0.25) is 9.98 Å². The number of unbranched alkanes of at least 4 members (excludes halogenated alkanes) is 1. The lowest BCUT2D eigenvalue weighted by atomic mass is 10.1. The van der Waals surface area contributed by atoms with E-state index < -0.39 is 0 Å². The summed E-state index contributed by atoms with van der Waals surface area (Å²) in [6.07, 6.45) is 6.83. The van der Waals surface area contributed by atoms with Crippen LogP contribution in [-0.2, 0) is 6.42 Å². The summed E-state index contributed by atoms with van der Waals surface area (Å²) in [6.45, 7) is 5.05. The van der Waals surface area contributed by atoms with Gasteiger partial charge in [0.25, 0.3) is 0 Å². The van der Waals surface area contributed by atoms with Gasteiger partial charge in [-0.05, 0) is 24.5 Å². The maximum Gasteiger partial charge on any atom is 0.127 e. The summed E-state index contributed by atoms with van der Waals surface area (Å²) in [5.74, 6) is 0.603. The van der Waals surface area contributed by atoms with Crippen LogP contribution in [0.4, 0.5) is 0 Å². The van der Waals surface area contributed by atoms with Crippen LogP contribution < -0.4 is 5.73 Å². The van der Waals surface area contributed by atoms with E-state index in [2.05, 4.69) is 29.9 Å². The van der Waals surface area contributed by atoms with Crippen LogP contribution in [0.5, 0.6) is 0 Å². The molecule has 3 nitrogen and oxygen atoms in total. The van der Waals surface area contributed by atoms with Crippen LogP contribution in [0.3, 0.4) is 0 Å². The summed E-state index contributed by atoms with van der Waals surface area (Å²) in [4.78, 5) is 8.46. The van der Waals surface area contributed by atoms with Crippen LogP contribution in [0.1, 0.15) is 37.8 Å². The van der Waals surface area contributed by atoms with Gasteiger partial charge in [0.05, 0.1) is 0 Å². The highest BCUT2D eigenvalue weighted by Crippen LogP contribution is 2.03. The fourth-order valence-corrected chi connectivity index (χ4v) is 1.27. The van der Waals surface area contributed by atoms with Gasteiger partial charge in [-0.15, -0.1) is 0 Å². The topological polar surface area (TPSA) is 51.3 Å². The quantitative estimate of drug-likeness (QED) is 0.455. The minimum atomic E-state index is 0.603. The number of nitrogens with two attached hydrogens (primary N) is 1. The molecule has 2 N–H and O–H groups in total. The highest BCUT2D eigenvalue weighted by Gasteiger charge is 1.99. The van der Waals surface area contributed by atoms with E-state index in [0.717, 1.165) is 31.4 Å². The first-order chi connectivity index (χ1) is 7.27. The average Bonchev–Trinajstić information content (AvgIpc) is 2.29. The van der Waals surface area contributed by atoms with Crippen LogP contribution in [0.25, 0.3) is 0 Å². The van der Waals surface area contributed by atoms with E-state index in [1.165, 1.54) is 5.56 Å². The molecule has 0 fully saturated rings. The highest BCUT2D eigenvalue weighted by atomic mass is 14.8. The summed E-state index contributed by atoms with van der Waals surface area (Å²) < 4.78 is 0. The summed E-state index contributed by atoms with van der Waals surface area (Å²) in [5.41, 5.74) is 8.00. The number of amidine groups is 1. The van der Waals surface area contributed by atoms with Crippen molar-refractivity contribution in [1.29, 1.82) is 0 Å². The molecule has 82 valence electrons. The Balaban J connectivity index is 2.72. The third kappa shape index (κ3) is 3.70. The number of aryl methyl sites for hydroxylation is 1. The normalized spacial score (nSPS) is 11.7. The largest absolute Gasteiger partial charge is 0.383 e. The Labute approximate surface area is 91.4 Å². The van der Waals surface area contributed by atoms with Crippen molar-refractivity contribution in [2.75, 3.05) is 6.54 Å². The number of nitrogens with zero attached hydrogens (tertiary/aromatic N) is 2. The second-order valence-corrected chi connectivity index (χ2v) is 3.56. The minimum absolute atomic E-state index is 0.603. The molecular weight excluding hydrogens is 186 g/mol. The molecule has 0 saturated heterocycles. The van der Waals surface area contributed by atoms with Crippen molar-refractivity contribution < 1.29 is 0 Å². The predicted molar refractivity (Wildman–Crippen MR) is 64.1 cm³/mol. The van der Waals surface area contributed by atoms with Gasteiger partial charge in [0.15, 0.2) is 0 Å². The van der Waals surface area contributed by atoms with Crippen molar-refractivity contribution in [3.63, 3.8) is 0 Å². The molecule has 1 heterocycles. The molecule has 0 radical (unpaired) electrons. The van der Waals surface area contributed by atoms with Crippen molar-refractivity contribution in [2.45, 2.75) is 33.1 Å². The summed E-state index contributed by atoms with van der Waals surface area (Å²) in [5, 5.41) is 0. The Morgan fingerprint density at radius 3 is 2.87 bits per heavy atom. The van der Waals surface area contributed by atoms with Crippen molar-refractivity contribution in [2.24, 2.45) is 10.7 Å². The zero-order chi connectivity index (χ0) is 11.1. The van der Waals surface area contributed by atoms with Gasteiger partial charge in [-0.2, -0.15) is 0 Å². The molecule has 0 aliphatic rings. The number of pyridine rings is 1. The third-order valence-electron chi connectivity index (χ3n) is 2.29. The van der Waals surface area contributed by atoms with Gasteiger partial charge in [0.1, 0.15) is 5.84 Å². The first kappa shape index (κ1) is 11.7. The first-order valence-corrected chi connectivity index (χ1v) is 5.52. The first-order valence-electron chi connectivity index (χ1n) is 5.52. The fourth-order valence-electron chi connectivity index (χ4n) is 1.27. The second-order valence-electron chi connectivity index (χ2n) is 3.56. The maximum atomic E-state index is 5.87. The van der Waals surface area contributed by atoms with Gasteiger partial charge in [0.2, 0.25) is 0 Å². The van der Waals surface area contributed by atoms with Gasteiger partial charge >= 0.3 is 0 Å². The van der Waals surface area contributed by atoms with E-state index in [-0.39, 0.29) is 0 Å². The van der Waals surface area contributed by atoms with E-state index in [9.17, 15) is 0 Å². The van der Waals surface area contributed by atoms with Crippen LogP contribution in [0.15, 0.2) is 23.5 Å². The fraction of sp³-hybridized carbons (Fsp3) is 0.500. The molecule has 15 heavy (non-hydrogen) atoms. The van der Waals surface area contributed by atoms with Gasteiger partial charge in [0, 0.05) is 24.5 Å². The highest BCUT2D eigenvalue weighted by molar-refractivity contribution is 5.97. The smallest absolute Gasteiger partial charge is 0.127 e. The molecular formula is C12H19N3. The van der Waals surface area contributed by atoms with Crippen LogP contribution in [0, 0.1) is 0 Å². The van der Waals surface area contributed by atoms with Crippen molar-refractivity contribution >= 4 is 5.84 Å². The number of aromatic nitrogens is 1. The Morgan fingerprint density at radius 2 is 2.20 bits per heavy atom. The van der Waals surface area contributed by atoms with Crippen molar-refractivity contribution in [3.8, 4) is 0 Å². The Bertz CT molecular complexity index is 331. The lowest BCUT2D eigenvalue weighted by Crippen LogP contribution is -2.14. The molecule has 0 bridgehead atoms. The summed E-state index contributed by atoms with van der Waals surface area (Å²) in [7, 11) is 0. The number of rotatable bonds is 5. The monoisotopic (exact) mass is 205 g/mol. The van der Waals surface area contributed by atoms with E-state index >= 15 is 0 Å². The molecule has 0 aliphatic carbocycles. The van der Waals surface area contributed by atoms with Crippen molar-refractivity contribution in [3.05, 3.63) is 29.6 Å². The molecule has 0 atom stereocenters. The van der Waals surface area contributed by atoms with Crippen LogP contribution >= 0.6 is 0 Å². The molecule has 0 aromatic carbocycles. The molecule has 1 aromatic heterocycles. The Morgan fingerprint density at radius 1 is 1.40 bits per heavy atom. The van der Waals surface area contributed by atoms with Crippen LogP contribution in [0.2, 0.25) is 0 Å². The van der Waals surface area contributed by atoms with E-state index in [4.69, 9.17) is 5.73 Å². The van der Waals surface area contributed by atoms with Gasteiger partial charge in [-0.1, -0.05) is 20.3 Å². The standard InChI is InChI=1S/C12H19N3/c1-3-5-6-15-12(13)11-7-10(4-2)8-14-9-11/h7-9H,3-6H2,1-2H3,(H2,13,15). The predicted octanol–water partition coefficient (Wildman–Crippen LogP) is 2.15. The Kier molecular flexibility index (Phi) is 4.81. The third-order valence-corrected chi connectivity index (χ3v) is 2.29. The average molecular weight is 205 g/mol. The molecule has 0 aliphatic heterocycles. The van der Waals surface area contributed by atoms with Gasteiger partial charge < -0.3 is 5.73 Å². The van der Waals surface area contributed by atoms with E-state index in [1.54, 1.807) is 6.20 Å².